The van der Waals surface area contributed by atoms with Gasteiger partial charge in [0.05, 0.1) is 16.7 Å². The van der Waals surface area contributed by atoms with Crippen molar-refractivity contribution < 1.29 is 4.42 Å². The standard InChI is InChI=1S/C62H40N2O/c1-2-13-47-39-49(28-27-41(47)11-1)44-25-23-42(24-26-44)43-29-34-50(35-30-43)63(60-22-10-19-56-57-38-33-46-12-3-4-16-53(46)61(57)65-62(56)60)51-36-31-45(32-37-51)48-14-9-15-52(40-48)64-58-20-7-5-17-54(58)55-18-6-8-21-59(55)64/h1-40H. The minimum absolute atomic E-state index is 0.857. The lowest BCUT2D eigenvalue weighted by molar-refractivity contribution is 0.673. The molecular weight excluding hydrogens is 789 g/mol. The molecule has 0 spiro atoms. The van der Waals surface area contributed by atoms with Gasteiger partial charge in [-0.2, -0.15) is 0 Å². The molecule has 65 heavy (non-hydrogen) atoms. The van der Waals surface area contributed by atoms with E-state index in [4.69, 9.17) is 4.42 Å². The second-order valence-electron chi connectivity index (χ2n) is 16.9. The SMILES string of the molecule is c1cc(-c2ccc(N(c3ccc(-c4ccc(-c5ccc6ccccc6c5)cc4)cc3)c3cccc4c3oc3c5ccccc5ccc43)cc2)cc(-n2c3ccccc3c3ccccc32)c1. The summed E-state index contributed by atoms with van der Waals surface area (Å²) in [5.74, 6) is 0. The summed E-state index contributed by atoms with van der Waals surface area (Å²) in [6, 6.07) is 87.6. The van der Waals surface area contributed by atoms with Crippen LogP contribution in [0.25, 0.3) is 104 Å². The topological polar surface area (TPSA) is 21.3 Å². The molecule has 0 N–H and O–H groups in total. The predicted molar refractivity (Wildman–Crippen MR) is 274 cm³/mol. The maximum absolute atomic E-state index is 6.94. The summed E-state index contributed by atoms with van der Waals surface area (Å²) in [5, 5.41) is 9.50. The average molecular weight is 829 g/mol. The Morgan fingerprint density at radius 3 is 1.45 bits per heavy atom. The van der Waals surface area contributed by atoms with E-state index in [9.17, 15) is 0 Å². The molecule has 2 heterocycles. The van der Waals surface area contributed by atoms with Crippen molar-refractivity contribution in [3.05, 3.63) is 243 Å². The van der Waals surface area contributed by atoms with Gasteiger partial charge in [0.25, 0.3) is 0 Å². The molecule has 0 fully saturated rings. The molecule has 0 saturated heterocycles. The van der Waals surface area contributed by atoms with Crippen LogP contribution in [0.1, 0.15) is 0 Å². The number of furan rings is 1. The van der Waals surface area contributed by atoms with E-state index in [0.717, 1.165) is 72.2 Å². The van der Waals surface area contributed by atoms with Crippen molar-refractivity contribution in [2.75, 3.05) is 4.90 Å². The molecule has 0 radical (unpaired) electrons. The quantitative estimate of drug-likeness (QED) is 0.160. The van der Waals surface area contributed by atoms with E-state index in [1.807, 2.05) is 0 Å². The zero-order valence-electron chi connectivity index (χ0n) is 35.4. The maximum Gasteiger partial charge on any atom is 0.159 e. The lowest BCUT2D eigenvalue weighted by atomic mass is 9.98. The van der Waals surface area contributed by atoms with E-state index >= 15 is 0 Å². The van der Waals surface area contributed by atoms with Gasteiger partial charge in [-0.1, -0.05) is 176 Å². The highest BCUT2D eigenvalue weighted by Gasteiger charge is 2.21. The van der Waals surface area contributed by atoms with Crippen molar-refractivity contribution in [2.24, 2.45) is 0 Å². The van der Waals surface area contributed by atoms with Gasteiger partial charge in [-0.05, 0) is 116 Å². The van der Waals surface area contributed by atoms with Crippen molar-refractivity contribution in [3.63, 3.8) is 0 Å². The molecule has 3 nitrogen and oxygen atoms in total. The molecule has 11 aromatic carbocycles. The van der Waals surface area contributed by atoms with Gasteiger partial charge in [0.2, 0.25) is 0 Å². The molecule has 0 saturated carbocycles. The Labute approximate surface area is 376 Å². The van der Waals surface area contributed by atoms with Crippen LogP contribution in [-0.4, -0.2) is 4.57 Å². The van der Waals surface area contributed by atoms with Gasteiger partial charge in [-0.25, -0.2) is 0 Å². The van der Waals surface area contributed by atoms with Crippen molar-refractivity contribution in [1.82, 2.24) is 4.57 Å². The fourth-order valence-electron chi connectivity index (χ4n) is 9.97. The smallest absolute Gasteiger partial charge is 0.159 e. The van der Waals surface area contributed by atoms with Crippen LogP contribution < -0.4 is 4.90 Å². The van der Waals surface area contributed by atoms with E-state index in [2.05, 4.69) is 252 Å². The lowest BCUT2D eigenvalue weighted by Crippen LogP contribution is -2.10. The zero-order chi connectivity index (χ0) is 42.8. The Balaban J connectivity index is 0.896. The van der Waals surface area contributed by atoms with Crippen molar-refractivity contribution in [1.29, 1.82) is 0 Å². The number of anilines is 3. The Morgan fingerprint density at radius 1 is 0.292 bits per heavy atom. The predicted octanol–water partition coefficient (Wildman–Crippen LogP) is 17.5. The Bertz CT molecular complexity index is 3880. The van der Waals surface area contributed by atoms with Crippen LogP contribution in [0.4, 0.5) is 17.1 Å². The van der Waals surface area contributed by atoms with Gasteiger partial charge in [0.1, 0.15) is 5.58 Å². The average Bonchev–Trinajstić information content (AvgIpc) is 3.94. The minimum atomic E-state index is 0.857. The van der Waals surface area contributed by atoms with Gasteiger partial charge in [-0.15, -0.1) is 0 Å². The first kappa shape index (κ1) is 36.9. The maximum atomic E-state index is 6.94. The van der Waals surface area contributed by atoms with Crippen LogP contribution in [0.5, 0.6) is 0 Å². The molecule has 3 heteroatoms. The van der Waals surface area contributed by atoms with Crippen LogP contribution in [0.3, 0.4) is 0 Å². The Morgan fingerprint density at radius 2 is 0.769 bits per heavy atom. The summed E-state index contributed by atoms with van der Waals surface area (Å²) in [4.78, 5) is 2.33. The molecule has 0 amide bonds. The fraction of sp³-hybridized carbons (Fsp3) is 0. The number of hydrogen-bond donors (Lipinski definition) is 0. The number of nitrogens with zero attached hydrogens (tertiary/aromatic N) is 2. The first-order valence-corrected chi connectivity index (χ1v) is 22.2. The normalized spacial score (nSPS) is 11.7. The second-order valence-corrected chi connectivity index (χ2v) is 16.9. The minimum Gasteiger partial charge on any atom is -0.453 e. The molecule has 13 aromatic rings. The molecule has 304 valence electrons. The largest absolute Gasteiger partial charge is 0.453 e. The lowest BCUT2D eigenvalue weighted by Gasteiger charge is -2.26. The number of benzene rings is 11. The number of fused-ring (bicyclic) bond motifs is 9. The van der Waals surface area contributed by atoms with Crippen molar-refractivity contribution in [3.8, 4) is 39.1 Å². The van der Waals surface area contributed by atoms with Crippen LogP contribution >= 0.6 is 0 Å². The van der Waals surface area contributed by atoms with E-state index in [0.29, 0.717) is 0 Å². The Kier molecular flexibility index (Phi) is 8.53. The fourth-order valence-corrected chi connectivity index (χ4v) is 9.97. The second kappa shape index (κ2) is 15.0. The van der Waals surface area contributed by atoms with Crippen LogP contribution in [0.15, 0.2) is 247 Å². The van der Waals surface area contributed by atoms with E-state index in [1.165, 1.54) is 49.3 Å². The monoisotopic (exact) mass is 828 g/mol. The third-order valence-corrected chi connectivity index (χ3v) is 13.2. The highest BCUT2D eigenvalue weighted by molar-refractivity contribution is 6.17. The van der Waals surface area contributed by atoms with Gasteiger partial charge in [-0.3, -0.25) is 0 Å². The first-order chi connectivity index (χ1) is 32.2. The Hall–Kier alpha value is -8.66. The molecule has 0 aliphatic rings. The van der Waals surface area contributed by atoms with Crippen molar-refractivity contribution >= 4 is 82.4 Å². The van der Waals surface area contributed by atoms with E-state index < -0.39 is 0 Å². The molecular formula is C62H40N2O. The summed E-state index contributed by atoms with van der Waals surface area (Å²) in [6.07, 6.45) is 0. The van der Waals surface area contributed by atoms with Crippen LogP contribution in [0, 0.1) is 0 Å². The molecule has 0 bridgehead atoms. The number of para-hydroxylation sites is 3. The van der Waals surface area contributed by atoms with Gasteiger partial charge < -0.3 is 13.9 Å². The summed E-state index contributed by atoms with van der Waals surface area (Å²) in [6.45, 7) is 0. The van der Waals surface area contributed by atoms with Gasteiger partial charge >= 0.3 is 0 Å². The van der Waals surface area contributed by atoms with E-state index in [-0.39, 0.29) is 0 Å². The number of rotatable bonds is 7. The van der Waals surface area contributed by atoms with E-state index in [1.54, 1.807) is 0 Å². The third-order valence-electron chi connectivity index (χ3n) is 13.2. The van der Waals surface area contributed by atoms with Gasteiger partial charge in [0.15, 0.2) is 5.58 Å². The van der Waals surface area contributed by atoms with Crippen LogP contribution in [-0.2, 0) is 0 Å². The van der Waals surface area contributed by atoms with Gasteiger partial charge in [0, 0.05) is 44.0 Å². The molecule has 0 aliphatic carbocycles. The molecule has 0 atom stereocenters. The summed E-state index contributed by atoms with van der Waals surface area (Å²) in [5.41, 5.74) is 15.4. The third kappa shape index (κ3) is 6.20. The highest BCUT2D eigenvalue weighted by atomic mass is 16.3. The summed E-state index contributed by atoms with van der Waals surface area (Å²) in [7, 11) is 0. The molecule has 13 rings (SSSR count). The first-order valence-electron chi connectivity index (χ1n) is 22.2. The molecule has 0 unspecified atom stereocenters. The molecule has 0 aliphatic heterocycles. The number of aromatic nitrogens is 1. The van der Waals surface area contributed by atoms with Crippen LogP contribution in [0.2, 0.25) is 0 Å². The van der Waals surface area contributed by atoms with Crippen molar-refractivity contribution in [2.45, 2.75) is 0 Å². The summed E-state index contributed by atoms with van der Waals surface area (Å²) >= 11 is 0. The zero-order valence-corrected chi connectivity index (χ0v) is 35.4. The molecule has 2 aromatic heterocycles. The summed E-state index contributed by atoms with van der Waals surface area (Å²) < 4.78 is 9.32. The highest BCUT2D eigenvalue weighted by Crippen LogP contribution is 2.44. The number of hydrogen-bond acceptors (Lipinski definition) is 2.